The SMILES string of the molecule is CNC(=O)c1noc(C2Cc3nc[nH]c3CN2)n1. The summed E-state index contributed by atoms with van der Waals surface area (Å²) in [4.78, 5) is 22.7. The zero-order valence-electron chi connectivity index (χ0n) is 9.73. The molecule has 1 atom stereocenters. The third-order valence-electron chi connectivity index (χ3n) is 2.90. The van der Waals surface area contributed by atoms with E-state index in [9.17, 15) is 4.79 Å². The summed E-state index contributed by atoms with van der Waals surface area (Å²) in [5.74, 6) is 0.0886. The molecule has 0 saturated carbocycles. The highest BCUT2D eigenvalue weighted by atomic mass is 16.5. The molecule has 1 unspecified atom stereocenters. The largest absolute Gasteiger partial charge is 0.352 e. The van der Waals surface area contributed by atoms with Gasteiger partial charge in [0.1, 0.15) is 0 Å². The van der Waals surface area contributed by atoms with Crippen molar-refractivity contribution in [2.24, 2.45) is 0 Å². The molecule has 0 saturated heterocycles. The summed E-state index contributed by atoms with van der Waals surface area (Å²) in [7, 11) is 1.52. The predicted octanol–water partition coefficient (Wildman–Crippen LogP) is -0.461. The Labute approximate surface area is 102 Å². The minimum absolute atomic E-state index is 0.0436. The van der Waals surface area contributed by atoms with E-state index < -0.39 is 0 Å². The van der Waals surface area contributed by atoms with Crippen molar-refractivity contribution in [2.45, 2.75) is 19.0 Å². The molecule has 18 heavy (non-hydrogen) atoms. The maximum absolute atomic E-state index is 11.3. The number of rotatable bonds is 2. The van der Waals surface area contributed by atoms with Crippen LogP contribution in [0.1, 0.15) is 33.9 Å². The third-order valence-corrected chi connectivity index (χ3v) is 2.90. The van der Waals surface area contributed by atoms with Gasteiger partial charge in [0, 0.05) is 20.0 Å². The highest BCUT2D eigenvalue weighted by Crippen LogP contribution is 2.22. The van der Waals surface area contributed by atoms with Gasteiger partial charge in [0.15, 0.2) is 0 Å². The number of imidazole rings is 1. The Kier molecular flexibility index (Phi) is 2.56. The monoisotopic (exact) mass is 248 g/mol. The summed E-state index contributed by atoms with van der Waals surface area (Å²) in [5.41, 5.74) is 2.05. The summed E-state index contributed by atoms with van der Waals surface area (Å²) < 4.78 is 5.10. The number of carbonyl (C=O) groups is 1. The van der Waals surface area contributed by atoms with Crippen LogP contribution in [-0.4, -0.2) is 33.1 Å². The van der Waals surface area contributed by atoms with Gasteiger partial charge in [-0.15, -0.1) is 0 Å². The number of amides is 1. The number of H-pyrrole nitrogens is 1. The molecule has 0 fully saturated rings. The molecule has 0 aliphatic carbocycles. The van der Waals surface area contributed by atoms with Gasteiger partial charge in [0.2, 0.25) is 5.89 Å². The van der Waals surface area contributed by atoms with Crippen molar-refractivity contribution in [3.05, 3.63) is 29.4 Å². The van der Waals surface area contributed by atoms with E-state index in [0.717, 1.165) is 11.4 Å². The molecule has 3 rings (SSSR count). The number of aromatic nitrogens is 4. The molecule has 1 aliphatic rings. The minimum atomic E-state index is -0.360. The van der Waals surface area contributed by atoms with Crippen molar-refractivity contribution in [2.75, 3.05) is 7.05 Å². The van der Waals surface area contributed by atoms with Crippen LogP contribution in [0, 0.1) is 0 Å². The van der Waals surface area contributed by atoms with Crippen LogP contribution in [-0.2, 0) is 13.0 Å². The van der Waals surface area contributed by atoms with E-state index in [1.807, 2.05) is 0 Å². The molecular weight excluding hydrogens is 236 g/mol. The Hall–Kier alpha value is -2.22. The first-order chi connectivity index (χ1) is 8.78. The van der Waals surface area contributed by atoms with Crippen LogP contribution in [0.2, 0.25) is 0 Å². The number of fused-ring (bicyclic) bond motifs is 1. The van der Waals surface area contributed by atoms with Gasteiger partial charge in [-0.3, -0.25) is 10.1 Å². The number of nitrogens with one attached hydrogen (secondary N) is 3. The Morgan fingerprint density at radius 2 is 2.50 bits per heavy atom. The van der Waals surface area contributed by atoms with Crippen LogP contribution in [0.25, 0.3) is 0 Å². The number of hydrogen-bond donors (Lipinski definition) is 3. The molecule has 8 heteroatoms. The topological polar surface area (TPSA) is 109 Å². The van der Waals surface area contributed by atoms with Crippen LogP contribution >= 0.6 is 0 Å². The predicted molar refractivity (Wildman–Crippen MR) is 59.6 cm³/mol. The normalized spacial score (nSPS) is 18.4. The Morgan fingerprint density at radius 3 is 3.33 bits per heavy atom. The Bertz CT molecular complexity index is 574. The Balaban J connectivity index is 1.80. The lowest BCUT2D eigenvalue weighted by molar-refractivity contribution is 0.0950. The first kappa shape index (κ1) is 10.9. The second-order valence-electron chi connectivity index (χ2n) is 4.00. The number of hydrogen-bond acceptors (Lipinski definition) is 6. The van der Waals surface area contributed by atoms with Crippen molar-refractivity contribution in [3.8, 4) is 0 Å². The molecule has 0 bridgehead atoms. The average Bonchev–Trinajstić information content (AvgIpc) is 3.05. The molecule has 2 aromatic rings. The molecule has 3 N–H and O–H groups in total. The van der Waals surface area contributed by atoms with E-state index in [0.29, 0.717) is 18.9 Å². The molecule has 0 aromatic carbocycles. The van der Waals surface area contributed by atoms with E-state index in [2.05, 4.69) is 30.7 Å². The molecular formula is C10H12N6O2. The fourth-order valence-electron chi connectivity index (χ4n) is 1.92. The zero-order chi connectivity index (χ0) is 12.5. The molecule has 94 valence electrons. The molecule has 3 heterocycles. The van der Waals surface area contributed by atoms with Crippen molar-refractivity contribution in [1.29, 1.82) is 0 Å². The zero-order valence-corrected chi connectivity index (χ0v) is 9.73. The van der Waals surface area contributed by atoms with Gasteiger partial charge in [-0.25, -0.2) is 4.98 Å². The average molecular weight is 248 g/mol. The lowest BCUT2D eigenvalue weighted by atomic mass is 10.1. The van der Waals surface area contributed by atoms with Gasteiger partial charge >= 0.3 is 0 Å². The summed E-state index contributed by atoms with van der Waals surface area (Å²) in [5, 5.41) is 9.34. The summed E-state index contributed by atoms with van der Waals surface area (Å²) in [6.45, 7) is 0.664. The highest BCUT2D eigenvalue weighted by molar-refractivity contribution is 5.89. The fraction of sp³-hybridized carbons (Fsp3) is 0.400. The van der Waals surface area contributed by atoms with E-state index in [1.165, 1.54) is 7.05 Å². The molecule has 8 nitrogen and oxygen atoms in total. The van der Waals surface area contributed by atoms with Gasteiger partial charge in [0.25, 0.3) is 11.7 Å². The van der Waals surface area contributed by atoms with Crippen LogP contribution in [0.4, 0.5) is 0 Å². The maximum atomic E-state index is 11.3. The van der Waals surface area contributed by atoms with Gasteiger partial charge in [0.05, 0.1) is 23.8 Å². The minimum Gasteiger partial charge on any atom is -0.352 e. The van der Waals surface area contributed by atoms with Crippen molar-refractivity contribution < 1.29 is 9.32 Å². The highest BCUT2D eigenvalue weighted by Gasteiger charge is 2.26. The van der Waals surface area contributed by atoms with Crippen molar-refractivity contribution >= 4 is 5.91 Å². The summed E-state index contributed by atoms with van der Waals surface area (Å²) in [6.07, 6.45) is 2.33. The maximum Gasteiger partial charge on any atom is 0.292 e. The van der Waals surface area contributed by atoms with Gasteiger partial charge in [-0.1, -0.05) is 5.16 Å². The molecule has 2 aromatic heterocycles. The smallest absolute Gasteiger partial charge is 0.292 e. The van der Waals surface area contributed by atoms with Crippen LogP contribution < -0.4 is 10.6 Å². The Morgan fingerprint density at radius 1 is 1.61 bits per heavy atom. The molecule has 1 aliphatic heterocycles. The van der Waals surface area contributed by atoms with E-state index >= 15 is 0 Å². The number of carbonyl (C=O) groups excluding carboxylic acids is 1. The van der Waals surface area contributed by atoms with Crippen molar-refractivity contribution in [3.63, 3.8) is 0 Å². The third kappa shape index (κ3) is 1.76. The van der Waals surface area contributed by atoms with Crippen LogP contribution in [0.5, 0.6) is 0 Å². The van der Waals surface area contributed by atoms with E-state index in [1.54, 1.807) is 6.33 Å². The summed E-state index contributed by atoms with van der Waals surface area (Å²) in [6, 6.07) is -0.105. The lowest BCUT2D eigenvalue weighted by Gasteiger charge is -2.19. The second-order valence-corrected chi connectivity index (χ2v) is 4.00. The van der Waals surface area contributed by atoms with E-state index in [4.69, 9.17) is 4.52 Å². The first-order valence-corrected chi connectivity index (χ1v) is 5.58. The fourth-order valence-corrected chi connectivity index (χ4v) is 1.92. The molecule has 0 spiro atoms. The second kappa shape index (κ2) is 4.22. The quantitative estimate of drug-likeness (QED) is 0.663. The number of aromatic amines is 1. The summed E-state index contributed by atoms with van der Waals surface area (Å²) >= 11 is 0. The van der Waals surface area contributed by atoms with Gasteiger partial charge in [-0.2, -0.15) is 4.98 Å². The number of nitrogens with zero attached hydrogens (tertiary/aromatic N) is 3. The van der Waals surface area contributed by atoms with Crippen molar-refractivity contribution in [1.82, 2.24) is 30.7 Å². The standard InChI is InChI=1S/C10H12N6O2/c1-11-9(17)8-15-10(18-16-8)6-2-5-7(3-12-6)14-4-13-5/h4,6,12H,2-3H2,1H3,(H,11,17)(H,13,14). The molecule has 1 amide bonds. The molecule has 0 radical (unpaired) electrons. The first-order valence-electron chi connectivity index (χ1n) is 5.58. The van der Waals surface area contributed by atoms with Gasteiger partial charge in [-0.05, 0) is 0 Å². The van der Waals surface area contributed by atoms with Crippen LogP contribution in [0.3, 0.4) is 0 Å². The van der Waals surface area contributed by atoms with E-state index in [-0.39, 0.29) is 17.8 Å². The lowest BCUT2D eigenvalue weighted by Crippen LogP contribution is -2.29. The van der Waals surface area contributed by atoms with Crippen LogP contribution in [0.15, 0.2) is 10.9 Å². The van der Waals surface area contributed by atoms with Gasteiger partial charge < -0.3 is 14.8 Å².